The number of nitrogens with zero attached hydrogens (tertiary/aromatic N) is 2. The maximum absolute atomic E-state index is 12.2. The third kappa shape index (κ3) is 3.92. The maximum atomic E-state index is 12.2. The molecule has 7 nitrogen and oxygen atoms in total. The minimum Gasteiger partial charge on any atom is -0.258 e. The van der Waals surface area contributed by atoms with Gasteiger partial charge in [-0.15, -0.1) is 0 Å². The van der Waals surface area contributed by atoms with Crippen molar-refractivity contribution < 1.29 is 13.3 Å². The van der Waals surface area contributed by atoms with Gasteiger partial charge in [0.05, 0.1) is 21.6 Å². The van der Waals surface area contributed by atoms with E-state index in [1.165, 1.54) is 24.3 Å². The standard InChI is InChI=1S/C15H15N3O4S/c1-11-7-8-15(12(2)9-11)23(21,22)17-16-10-13-5-3-4-6-14(13)18(19)20/h3-10,17H,1-2H3/b16-10+. The lowest BCUT2D eigenvalue weighted by molar-refractivity contribution is -0.385. The molecule has 0 aliphatic rings. The number of sulfonamides is 1. The minimum absolute atomic E-state index is 0.114. The largest absolute Gasteiger partial charge is 0.278 e. The molecule has 0 aliphatic heterocycles. The second-order valence-corrected chi connectivity index (χ2v) is 6.57. The molecule has 2 aromatic carbocycles. The number of aryl methyl sites for hydroxylation is 2. The first-order chi connectivity index (χ1) is 10.8. The van der Waals surface area contributed by atoms with E-state index in [0.29, 0.717) is 5.56 Å². The van der Waals surface area contributed by atoms with Gasteiger partial charge in [0.2, 0.25) is 0 Å². The average molecular weight is 333 g/mol. The van der Waals surface area contributed by atoms with Gasteiger partial charge >= 0.3 is 0 Å². The van der Waals surface area contributed by atoms with Crippen LogP contribution in [0.4, 0.5) is 5.69 Å². The average Bonchev–Trinajstić information content (AvgIpc) is 2.47. The number of hydrogen-bond acceptors (Lipinski definition) is 5. The Hall–Kier alpha value is -2.74. The molecule has 2 aromatic rings. The molecule has 0 amide bonds. The van der Waals surface area contributed by atoms with Crippen molar-refractivity contribution in [1.29, 1.82) is 0 Å². The number of nitro benzene ring substituents is 1. The first-order valence-electron chi connectivity index (χ1n) is 6.67. The molecule has 0 spiro atoms. The lowest BCUT2D eigenvalue weighted by atomic mass is 10.2. The summed E-state index contributed by atoms with van der Waals surface area (Å²) in [4.78, 5) is 12.5. The number of benzene rings is 2. The van der Waals surface area contributed by atoms with E-state index in [-0.39, 0.29) is 16.1 Å². The van der Waals surface area contributed by atoms with Gasteiger partial charge in [-0.05, 0) is 31.5 Å². The van der Waals surface area contributed by atoms with E-state index < -0.39 is 14.9 Å². The van der Waals surface area contributed by atoms with Crippen LogP contribution >= 0.6 is 0 Å². The molecule has 0 heterocycles. The smallest absolute Gasteiger partial charge is 0.258 e. The molecule has 0 aliphatic carbocycles. The Morgan fingerprint density at radius 2 is 1.87 bits per heavy atom. The fourth-order valence-corrected chi connectivity index (χ4v) is 3.10. The van der Waals surface area contributed by atoms with Crippen LogP contribution in [0.5, 0.6) is 0 Å². The van der Waals surface area contributed by atoms with Crippen LogP contribution in [0, 0.1) is 24.0 Å². The number of nitro groups is 1. The Kier molecular flexibility index (Phi) is 4.75. The van der Waals surface area contributed by atoms with Gasteiger partial charge in [0.1, 0.15) is 0 Å². The molecule has 0 radical (unpaired) electrons. The van der Waals surface area contributed by atoms with E-state index in [1.54, 1.807) is 25.1 Å². The zero-order valence-corrected chi connectivity index (χ0v) is 13.4. The SMILES string of the molecule is Cc1ccc(S(=O)(=O)N/N=C/c2ccccc2[N+](=O)[O-])c(C)c1. The summed E-state index contributed by atoms with van der Waals surface area (Å²) < 4.78 is 24.4. The monoisotopic (exact) mass is 333 g/mol. The van der Waals surface area contributed by atoms with Crippen LogP contribution in [0.3, 0.4) is 0 Å². The van der Waals surface area contributed by atoms with E-state index >= 15 is 0 Å². The van der Waals surface area contributed by atoms with Crippen molar-refractivity contribution in [2.45, 2.75) is 18.7 Å². The fraction of sp³-hybridized carbons (Fsp3) is 0.133. The molecule has 0 saturated heterocycles. The summed E-state index contributed by atoms with van der Waals surface area (Å²) in [5.74, 6) is 0. The summed E-state index contributed by atoms with van der Waals surface area (Å²) in [7, 11) is -3.83. The fourth-order valence-electron chi connectivity index (χ4n) is 2.08. The summed E-state index contributed by atoms with van der Waals surface area (Å²) in [5, 5.41) is 14.5. The predicted octanol–water partition coefficient (Wildman–Crippen LogP) is 2.52. The van der Waals surface area contributed by atoms with E-state index in [9.17, 15) is 18.5 Å². The summed E-state index contributed by atoms with van der Waals surface area (Å²) >= 11 is 0. The molecular weight excluding hydrogens is 318 g/mol. The highest BCUT2D eigenvalue weighted by molar-refractivity contribution is 7.89. The van der Waals surface area contributed by atoms with Crippen LogP contribution < -0.4 is 4.83 Å². The molecule has 0 unspecified atom stereocenters. The molecular formula is C15H15N3O4S. The maximum Gasteiger partial charge on any atom is 0.278 e. The van der Waals surface area contributed by atoms with Crippen LogP contribution in [0.1, 0.15) is 16.7 Å². The minimum atomic E-state index is -3.83. The molecule has 2 rings (SSSR count). The number of para-hydroxylation sites is 1. The van der Waals surface area contributed by atoms with E-state index in [1.807, 2.05) is 6.92 Å². The second kappa shape index (κ2) is 6.57. The predicted molar refractivity (Wildman–Crippen MR) is 86.9 cm³/mol. The van der Waals surface area contributed by atoms with Gasteiger partial charge in [0, 0.05) is 6.07 Å². The Morgan fingerprint density at radius 3 is 2.52 bits per heavy atom. The molecule has 0 saturated carbocycles. The molecule has 0 aromatic heterocycles. The van der Waals surface area contributed by atoms with Gasteiger partial charge in [-0.2, -0.15) is 13.5 Å². The lowest BCUT2D eigenvalue weighted by Gasteiger charge is -2.07. The van der Waals surface area contributed by atoms with Gasteiger partial charge in [-0.3, -0.25) is 10.1 Å². The number of rotatable bonds is 5. The highest BCUT2D eigenvalue weighted by Gasteiger charge is 2.16. The summed E-state index contributed by atoms with van der Waals surface area (Å²) in [6, 6.07) is 10.9. The molecule has 8 heteroatoms. The van der Waals surface area contributed by atoms with Gasteiger partial charge in [-0.1, -0.05) is 29.8 Å². The third-order valence-corrected chi connectivity index (χ3v) is 4.51. The van der Waals surface area contributed by atoms with Crippen molar-refractivity contribution in [3.63, 3.8) is 0 Å². The van der Waals surface area contributed by atoms with Crippen LogP contribution in [0.15, 0.2) is 52.5 Å². The van der Waals surface area contributed by atoms with E-state index in [0.717, 1.165) is 11.8 Å². The Balaban J connectivity index is 2.24. The quantitative estimate of drug-likeness (QED) is 0.516. The van der Waals surface area contributed by atoms with Crippen molar-refractivity contribution >= 4 is 21.9 Å². The zero-order chi connectivity index (χ0) is 17.0. The highest BCUT2D eigenvalue weighted by atomic mass is 32.2. The van der Waals surface area contributed by atoms with Crippen molar-refractivity contribution in [2.24, 2.45) is 5.10 Å². The normalized spacial score (nSPS) is 11.6. The molecule has 23 heavy (non-hydrogen) atoms. The van der Waals surface area contributed by atoms with Crippen LogP contribution in [-0.4, -0.2) is 19.6 Å². The van der Waals surface area contributed by atoms with Crippen LogP contribution in [0.2, 0.25) is 0 Å². The zero-order valence-electron chi connectivity index (χ0n) is 12.6. The first-order valence-corrected chi connectivity index (χ1v) is 8.15. The van der Waals surface area contributed by atoms with Crippen molar-refractivity contribution in [2.75, 3.05) is 0 Å². The Labute approximate surface area is 133 Å². The highest BCUT2D eigenvalue weighted by Crippen LogP contribution is 2.17. The summed E-state index contributed by atoms with van der Waals surface area (Å²) in [5.41, 5.74) is 1.60. The van der Waals surface area contributed by atoms with Crippen molar-refractivity contribution in [3.8, 4) is 0 Å². The van der Waals surface area contributed by atoms with Crippen molar-refractivity contribution in [1.82, 2.24) is 4.83 Å². The topological polar surface area (TPSA) is 102 Å². The second-order valence-electron chi connectivity index (χ2n) is 4.94. The molecule has 0 atom stereocenters. The molecule has 1 N–H and O–H groups in total. The van der Waals surface area contributed by atoms with Crippen LogP contribution in [-0.2, 0) is 10.0 Å². The van der Waals surface area contributed by atoms with Gasteiger partial charge in [0.15, 0.2) is 0 Å². The molecule has 120 valence electrons. The van der Waals surface area contributed by atoms with Gasteiger partial charge in [0.25, 0.3) is 15.7 Å². The lowest BCUT2D eigenvalue weighted by Crippen LogP contribution is -2.19. The Bertz CT molecular complexity index is 876. The van der Waals surface area contributed by atoms with Crippen LogP contribution in [0.25, 0.3) is 0 Å². The van der Waals surface area contributed by atoms with E-state index in [2.05, 4.69) is 9.93 Å². The Morgan fingerprint density at radius 1 is 1.17 bits per heavy atom. The van der Waals surface area contributed by atoms with E-state index in [4.69, 9.17) is 0 Å². The molecule has 0 fully saturated rings. The van der Waals surface area contributed by atoms with Gasteiger partial charge < -0.3 is 0 Å². The van der Waals surface area contributed by atoms with Crippen molar-refractivity contribution in [3.05, 3.63) is 69.3 Å². The van der Waals surface area contributed by atoms with Gasteiger partial charge in [-0.25, -0.2) is 4.83 Å². The first kappa shape index (κ1) is 16.6. The number of nitrogens with one attached hydrogen (secondary N) is 1. The summed E-state index contributed by atoms with van der Waals surface area (Å²) in [6.07, 6.45) is 1.11. The summed E-state index contributed by atoms with van der Waals surface area (Å²) in [6.45, 7) is 3.55. The third-order valence-electron chi connectivity index (χ3n) is 3.13. The number of hydrogen-bond donors (Lipinski definition) is 1. The number of hydrazone groups is 1. The molecule has 0 bridgehead atoms.